The maximum absolute atomic E-state index is 10.8. The summed E-state index contributed by atoms with van der Waals surface area (Å²) in [6.45, 7) is 0. The summed E-state index contributed by atoms with van der Waals surface area (Å²) >= 11 is 1.80. The molecule has 1 aromatic rings. The van der Waals surface area contributed by atoms with Crippen molar-refractivity contribution in [3.63, 3.8) is 0 Å². The molecule has 0 unspecified atom stereocenters. The van der Waals surface area contributed by atoms with E-state index in [0.717, 1.165) is 6.07 Å². The normalized spacial score (nSPS) is 11.2. The van der Waals surface area contributed by atoms with E-state index in [2.05, 4.69) is 4.98 Å². The third-order valence-corrected chi connectivity index (χ3v) is 2.91. The van der Waals surface area contributed by atoms with Gasteiger partial charge >= 0.3 is 0 Å². The zero-order chi connectivity index (χ0) is 10.1. The van der Waals surface area contributed by atoms with Crippen LogP contribution in [0.4, 0.5) is 0 Å². The number of rotatable bonds is 2. The first kappa shape index (κ1) is 10.9. The predicted molar refractivity (Wildman–Crippen MR) is 55.4 cm³/mol. The topological polar surface area (TPSA) is 64.1 Å². The fourth-order valence-electron chi connectivity index (χ4n) is 0.685. The Kier molecular flexibility index (Phi) is 3.25. The molecule has 1 aromatic heterocycles. The lowest BCUT2D eigenvalue weighted by atomic mass is 10.3. The van der Waals surface area contributed by atoms with E-state index < -0.39 is 9.05 Å². The largest absolute Gasteiger partial charge is 0.298 e. The summed E-state index contributed by atoms with van der Waals surface area (Å²) in [4.78, 5) is 14.0. The summed E-state index contributed by atoms with van der Waals surface area (Å²) in [5.41, 5.74) is 0.235. The number of aldehydes is 1. The third kappa shape index (κ3) is 2.89. The molecule has 0 fully saturated rings. The lowest BCUT2D eigenvalue weighted by molar-refractivity contribution is 0.112. The summed E-state index contributed by atoms with van der Waals surface area (Å²) in [6, 6.07) is 2.58. The minimum absolute atomic E-state index is 0.235. The molecule has 0 atom stereocenters. The molecule has 0 aliphatic rings. The standard InChI is InChI=1S/C6H3ClINO3S/c7-13(11,12)6-2-4(3-10)1-5(8)9-6/h1-3H. The number of carbonyl (C=O) groups is 1. The highest BCUT2D eigenvalue weighted by Crippen LogP contribution is 2.15. The highest BCUT2D eigenvalue weighted by molar-refractivity contribution is 14.1. The van der Waals surface area contributed by atoms with Gasteiger partial charge in [-0.05, 0) is 34.7 Å². The van der Waals surface area contributed by atoms with Crippen molar-refractivity contribution in [2.24, 2.45) is 0 Å². The van der Waals surface area contributed by atoms with Crippen molar-refractivity contribution in [2.45, 2.75) is 5.03 Å². The van der Waals surface area contributed by atoms with Crippen LogP contribution in [0.1, 0.15) is 10.4 Å². The van der Waals surface area contributed by atoms with Gasteiger partial charge in [0.25, 0.3) is 9.05 Å². The molecule has 1 heterocycles. The Bertz CT molecular complexity index is 445. The summed E-state index contributed by atoms with van der Waals surface area (Å²) in [5.74, 6) is 0. The highest BCUT2D eigenvalue weighted by atomic mass is 127. The zero-order valence-electron chi connectivity index (χ0n) is 6.07. The second kappa shape index (κ2) is 3.89. The molecule has 0 radical (unpaired) electrons. The second-order valence-electron chi connectivity index (χ2n) is 2.12. The average molecular weight is 332 g/mol. The molecule has 0 N–H and O–H groups in total. The van der Waals surface area contributed by atoms with Crippen LogP contribution in [-0.2, 0) is 9.05 Å². The maximum atomic E-state index is 10.8. The van der Waals surface area contributed by atoms with Gasteiger partial charge in [-0.15, -0.1) is 0 Å². The van der Waals surface area contributed by atoms with E-state index in [1.54, 1.807) is 22.6 Å². The Balaban J connectivity index is 3.41. The van der Waals surface area contributed by atoms with Crippen LogP contribution in [-0.4, -0.2) is 19.7 Å². The van der Waals surface area contributed by atoms with Crippen LogP contribution in [0.5, 0.6) is 0 Å². The van der Waals surface area contributed by atoms with Crippen molar-refractivity contribution in [1.29, 1.82) is 0 Å². The van der Waals surface area contributed by atoms with E-state index in [-0.39, 0.29) is 10.6 Å². The van der Waals surface area contributed by atoms with Gasteiger partial charge in [-0.2, -0.15) is 0 Å². The van der Waals surface area contributed by atoms with E-state index >= 15 is 0 Å². The second-order valence-corrected chi connectivity index (χ2v) is 5.74. The van der Waals surface area contributed by atoms with Crippen molar-refractivity contribution >= 4 is 48.6 Å². The Morgan fingerprint density at radius 3 is 2.54 bits per heavy atom. The van der Waals surface area contributed by atoms with Crippen molar-refractivity contribution in [3.05, 3.63) is 21.4 Å². The van der Waals surface area contributed by atoms with Gasteiger partial charge in [-0.1, -0.05) is 0 Å². The van der Waals surface area contributed by atoms with Crippen LogP contribution >= 0.6 is 33.3 Å². The van der Waals surface area contributed by atoms with Crippen molar-refractivity contribution in [1.82, 2.24) is 4.98 Å². The number of pyridine rings is 1. The summed E-state index contributed by atoms with van der Waals surface area (Å²) in [6.07, 6.45) is 0.537. The zero-order valence-corrected chi connectivity index (χ0v) is 9.80. The number of hydrogen-bond acceptors (Lipinski definition) is 4. The molecule has 0 spiro atoms. The summed E-state index contributed by atoms with van der Waals surface area (Å²) in [7, 11) is 1.19. The smallest absolute Gasteiger partial charge is 0.278 e. The lowest BCUT2D eigenvalue weighted by Gasteiger charge is -1.97. The Morgan fingerprint density at radius 2 is 2.08 bits per heavy atom. The minimum Gasteiger partial charge on any atom is -0.298 e. The quantitative estimate of drug-likeness (QED) is 0.356. The molecule has 0 aliphatic heterocycles. The van der Waals surface area contributed by atoms with Gasteiger partial charge < -0.3 is 0 Å². The van der Waals surface area contributed by atoms with Gasteiger partial charge in [-0.3, -0.25) is 4.79 Å². The van der Waals surface area contributed by atoms with Gasteiger partial charge in [-0.25, -0.2) is 13.4 Å². The third-order valence-electron chi connectivity index (χ3n) is 1.18. The number of carbonyl (C=O) groups excluding carboxylic acids is 1. The van der Waals surface area contributed by atoms with E-state index in [1.807, 2.05) is 0 Å². The van der Waals surface area contributed by atoms with E-state index in [4.69, 9.17) is 10.7 Å². The fraction of sp³-hybridized carbons (Fsp3) is 0. The van der Waals surface area contributed by atoms with Crippen molar-refractivity contribution in [2.75, 3.05) is 0 Å². The fourth-order valence-corrected chi connectivity index (χ4v) is 2.19. The average Bonchev–Trinajstić information content (AvgIpc) is 2.01. The Hall–Kier alpha value is -0.210. The molecule has 7 heteroatoms. The Labute approximate surface area is 92.9 Å². The first-order valence-corrected chi connectivity index (χ1v) is 6.40. The predicted octanol–water partition coefficient (Wildman–Crippen LogP) is 1.43. The first-order valence-electron chi connectivity index (χ1n) is 3.01. The van der Waals surface area contributed by atoms with Crippen molar-refractivity contribution < 1.29 is 13.2 Å². The van der Waals surface area contributed by atoms with Crippen LogP contribution < -0.4 is 0 Å². The molecule has 0 bridgehead atoms. The molecule has 13 heavy (non-hydrogen) atoms. The SMILES string of the molecule is O=Cc1cc(I)nc(S(=O)(=O)Cl)c1. The van der Waals surface area contributed by atoms with Gasteiger partial charge in [0.15, 0.2) is 5.03 Å². The molecule has 1 rings (SSSR count). The van der Waals surface area contributed by atoms with Gasteiger partial charge in [0.1, 0.15) is 9.99 Å². The molecule has 0 amide bonds. The molecule has 70 valence electrons. The van der Waals surface area contributed by atoms with Crippen molar-refractivity contribution in [3.8, 4) is 0 Å². The van der Waals surface area contributed by atoms with E-state index in [1.165, 1.54) is 6.07 Å². The first-order chi connectivity index (χ1) is 5.93. The highest BCUT2D eigenvalue weighted by Gasteiger charge is 2.13. The number of hydrogen-bond donors (Lipinski definition) is 0. The van der Waals surface area contributed by atoms with Crippen LogP contribution in [0.15, 0.2) is 17.2 Å². The van der Waals surface area contributed by atoms with E-state index in [0.29, 0.717) is 9.99 Å². The molecular formula is C6H3ClINO3S. The molecular weight excluding hydrogens is 328 g/mol. The van der Waals surface area contributed by atoms with Gasteiger partial charge in [0.05, 0.1) is 0 Å². The molecule has 4 nitrogen and oxygen atoms in total. The van der Waals surface area contributed by atoms with Crippen LogP contribution in [0.2, 0.25) is 0 Å². The lowest BCUT2D eigenvalue weighted by Crippen LogP contribution is -1.98. The molecule has 0 saturated carbocycles. The minimum atomic E-state index is -3.86. The van der Waals surface area contributed by atoms with Gasteiger partial charge in [0.2, 0.25) is 0 Å². The number of aromatic nitrogens is 1. The molecule has 0 aromatic carbocycles. The van der Waals surface area contributed by atoms with Gasteiger partial charge in [0, 0.05) is 16.2 Å². The van der Waals surface area contributed by atoms with Crippen LogP contribution in [0.3, 0.4) is 0 Å². The molecule has 0 aliphatic carbocycles. The maximum Gasteiger partial charge on any atom is 0.278 e. The van der Waals surface area contributed by atoms with Crippen LogP contribution in [0, 0.1) is 3.70 Å². The summed E-state index contributed by atoms with van der Waals surface area (Å²) < 4.78 is 22.1. The van der Waals surface area contributed by atoms with Crippen LogP contribution in [0.25, 0.3) is 0 Å². The van der Waals surface area contributed by atoms with E-state index in [9.17, 15) is 13.2 Å². The monoisotopic (exact) mass is 331 g/mol. The Morgan fingerprint density at radius 1 is 1.46 bits per heavy atom. The number of halogens is 2. The summed E-state index contributed by atoms with van der Waals surface area (Å²) in [5, 5.41) is -0.303. The number of nitrogens with zero attached hydrogens (tertiary/aromatic N) is 1. The molecule has 0 saturated heterocycles.